The van der Waals surface area contributed by atoms with Crippen molar-refractivity contribution in [3.8, 4) is 5.75 Å². The van der Waals surface area contributed by atoms with Gasteiger partial charge in [0, 0.05) is 5.39 Å². The first kappa shape index (κ1) is 11.5. The Labute approximate surface area is 99.3 Å². The Bertz CT molecular complexity index is 580. The van der Waals surface area contributed by atoms with E-state index in [1.165, 1.54) is 0 Å². The molecule has 88 valence electrons. The number of rotatable bonds is 2. The molecule has 0 aliphatic heterocycles. The second-order valence-corrected chi connectivity index (χ2v) is 4.61. The fourth-order valence-corrected chi connectivity index (χ4v) is 1.96. The maximum atomic E-state index is 11.3. The highest BCUT2D eigenvalue weighted by Gasteiger charge is 2.31. The fraction of sp³-hybridized carbons (Fsp3) is 0.214. The normalized spacial score (nSPS) is 11.6. The summed E-state index contributed by atoms with van der Waals surface area (Å²) >= 11 is 0. The summed E-state index contributed by atoms with van der Waals surface area (Å²) in [5.41, 5.74) is -0.404. The average molecular weight is 230 g/mol. The van der Waals surface area contributed by atoms with Gasteiger partial charge in [0.2, 0.25) is 0 Å². The predicted molar refractivity (Wildman–Crippen MR) is 66.3 cm³/mol. The first-order chi connectivity index (χ1) is 7.94. The molecule has 0 amide bonds. The molecule has 2 rings (SSSR count). The summed E-state index contributed by atoms with van der Waals surface area (Å²) in [5.74, 6) is -0.791. The predicted octanol–water partition coefficient (Wildman–Crippen LogP) is 2.91. The molecule has 0 bridgehead atoms. The van der Waals surface area contributed by atoms with Crippen LogP contribution in [-0.2, 0) is 10.2 Å². The van der Waals surface area contributed by atoms with Crippen molar-refractivity contribution < 1.29 is 15.0 Å². The Kier molecular flexibility index (Phi) is 2.54. The van der Waals surface area contributed by atoms with Gasteiger partial charge in [-0.25, -0.2) is 0 Å². The molecule has 0 aliphatic rings. The Balaban J connectivity index is 2.83. The molecule has 0 atom stereocenters. The van der Waals surface area contributed by atoms with Gasteiger partial charge in [-0.2, -0.15) is 0 Å². The van der Waals surface area contributed by atoms with Crippen LogP contribution < -0.4 is 0 Å². The zero-order valence-corrected chi connectivity index (χ0v) is 9.77. The molecule has 2 N–H and O–H groups in total. The number of hydrogen-bond donors (Lipinski definition) is 2. The molecule has 2 aromatic rings. The number of benzene rings is 2. The van der Waals surface area contributed by atoms with Gasteiger partial charge in [-0.05, 0) is 30.9 Å². The second-order valence-electron chi connectivity index (χ2n) is 4.61. The molecule has 0 aromatic heterocycles. The van der Waals surface area contributed by atoms with E-state index in [-0.39, 0.29) is 5.75 Å². The van der Waals surface area contributed by atoms with E-state index in [0.29, 0.717) is 10.9 Å². The third-order valence-electron chi connectivity index (χ3n) is 3.09. The highest BCUT2D eigenvalue weighted by molar-refractivity contribution is 5.96. The maximum Gasteiger partial charge on any atom is 0.313 e. The lowest BCUT2D eigenvalue weighted by Crippen LogP contribution is -2.28. The van der Waals surface area contributed by atoms with Gasteiger partial charge in [-0.15, -0.1) is 0 Å². The number of fused-ring (bicyclic) bond motifs is 1. The zero-order chi connectivity index (χ0) is 12.6. The van der Waals surface area contributed by atoms with Crippen LogP contribution in [0, 0.1) is 0 Å². The molecular weight excluding hydrogens is 216 g/mol. The number of phenols is 1. The van der Waals surface area contributed by atoms with Crippen LogP contribution in [0.4, 0.5) is 0 Å². The Hall–Kier alpha value is -2.03. The van der Waals surface area contributed by atoms with E-state index >= 15 is 0 Å². The van der Waals surface area contributed by atoms with Crippen molar-refractivity contribution in [2.24, 2.45) is 0 Å². The number of aromatic hydroxyl groups is 1. The summed E-state index contributed by atoms with van der Waals surface area (Å²) in [4.78, 5) is 11.3. The van der Waals surface area contributed by atoms with Crippen LogP contribution in [0.2, 0.25) is 0 Å². The third-order valence-corrected chi connectivity index (χ3v) is 3.09. The summed E-state index contributed by atoms with van der Waals surface area (Å²) in [5, 5.41) is 20.6. The molecule has 17 heavy (non-hydrogen) atoms. The highest BCUT2D eigenvalue weighted by atomic mass is 16.4. The fourth-order valence-electron chi connectivity index (χ4n) is 1.96. The van der Waals surface area contributed by atoms with Crippen LogP contribution in [0.1, 0.15) is 19.4 Å². The van der Waals surface area contributed by atoms with Crippen molar-refractivity contribution in [3.05, 3.63) is 42.0 Å². The number of hydrogen-bond acceptors (Lipinski definition) is 2. The van der Waals surface area contributed by atoms with Crippen molar-refractivity contribution in [3.63, 3.8) is 0 Å². The van der Waals surface area contributed by atoms with Gasteiger partial charge in [-0.3, -0.25) is 4.79 Å². The molecule has 0 saturated heterocycles. The molecule has 0 saturated carbocycles. The number of carboxylic acids is 1. The van der Waals surface area contributed by atoms with E-state index < -0.39 is 11.4 Å². The monoisotopic (exact) mass is 230 g/mol. The number of aliphatic carboxylic acids is 1. The molecule has 3 heteroatoms. The highest BCUT2D eigenvalue weighted by Crippen LogP contribution is 2.35. The summed E-state index contributed by atoms with van der Waals surface area (Å²) in [6.45, 7) is 3.27. The molecular formula is C14H14O3. The number of phenolic OH excluding ortho intramolecular Hbond substituents is 1. The average Bonchev–Trinajstić information content (AvgIpc) is 2.28. The lowest BCUT2D eigenvalue weighted by molar-refractivity contribution is -0.142. The SMILES string of the molecule is CC(C)(C(=O)O)c1cccc2cccc(O)c12. The van der Waals surface area contributed by atoms with Crippen LogP contribution in [0.25, 0.3) is 10.8 Å². The van der Waals surface area contributed by atoms with E-state index in [1.54, 1.807) is 32.0 Å². The van der Waals surface area contributed by atoms with Crippen molar-refractivity contribution in [2.75, 3.05) is 0 Å². The smallest absolute Gasteiger partial charge is 0.313 e. The summed E-state index contributed by atoms with van der Waals surface area (Å²) in [6.07, 6.45) is 0. The zero-order valence-electron chi connectivity index (χ0n) is 9.77. The van der Waals surface area contributed by atoms with Crippen molar-refractivity contribution in [2.45, 2.75) is 19.3 Å². The van der Waals surface area contributed by atoms with Crippen molar-refractivity contribution in [1.82, 2.24) is 0 Å². The van der Waals surface area contributed by atoms with Gasteiger partial charge in [0.25, 0.3) is 0 Å². The maximum absolute atomic E-state index is 11.3. The quantitative estimate of drug-likeness (QED) is 0.834. The molecule has 2 aromatic carbocycles. The van der Waals surface area contributed by atoms with E-state index in [0.717, 1.165) is 5.39 Å². The molecule has 0 aliphatic carbocycles. The van der Waals surface area contributed by atoms with E-state index in [9.17, 15) is 15.0 Å². The van der Waals surface area contributed by atoms with Gasteiger partial charge in [-0.1, -0.05) is 30.3 Å². The summed E-state index contributed by atoms with van der Waals surface area (Å²) in [7, 11) is 0. The van der Waals surface area contributed by atoms with Crippen LogP contribution in [0.15, 0.2) is 36.4 Å². The number of carbonyl (C=O) groups is 1. The number of carboxylic acid groups (broad SMARTS) is 1. The van der Waals surface area contributed by atoms with Crippen LogP contribution in [0.3, 0.4) is 0 Å². The first-order valence-corrected chi connectivity index (χ1v) is 5.39. The summed E-state index contributed by atoms with van der Waals surface area (Å²) in [6, 6.07) is 10.6. The largest absolute Gasteiger partial charge is 0.507 e. The second kappa shape index (κ2) is 3.77. The molecule has 0 fully saturated rings. The lowest BCUT2D eigenvalue weighted by Gasteiger charge is -2.22. The summed E-state index contributed by atoms with van der Waals surface area (Å²) < 4.78 is 0. The van der Waals surface area contributed by atoms with Gasteiger partial charge in [0.15, 0.2) is 0 Å². The van der Waals surface area contributed by atoms with Gasteiger partial charge >= 0.3 is 5.97 Å². The Morgan fingerprint density at radius 3 is 2.29 bits per heavy atom. The van der Waals surface area contributed by atoms with Crippen LogP contribution in [0.5, 0.6) is 5.75 Å². The van der Waals surface area contributed by atoms with Gasteiger partial charge in [0.05, 0.1) is 5.41 Å². The third kappa shape index (κ3) is 1.73. The molecule has 0 spiro atoms. The van der Waals surface area contributed by atoms with Gasteiger partial charge < -0.3 is 10.2 Å². The molecule has 0 unspecified atom stereocenters. The van der Waals surface area contributed by atoms with Crippen molar-refractivity contribution in [1.29, 1.82) is 0 Å². The van der Waals surface area contributed by atoms with E-state index in [2.05, 4.69) is 0 Å². The minimum atomic E-state index is -1.03. The van der Waals surface area contributed by atoms with Gasteiger partial charge in [0.1, 0.15) is 5.75 Å². The van der Waals surface area contributed by atoms with Crippen molar-refractivity contribution >= 4 is 16.7 Å². The van der Waals surface area contributed by atoms with E-state index in [4.69, 9.17) is 0 Å². The molecule has 0 heterocycles. The Morgan fingerprint density at radius 1 is 1.12 bits per heavy atom. The lowest BCUT2D eigenvalue weighted by atomic mass is 9.81. The van der Waals surface area contributed by atoms with E-state index in [1.807, 2.05) is 18.2 Å². The minimum absolute atomic E-state index is 0.118. The van der Waals surface area contributed by atoms with Crippen LogP contribution >= 0.6 is 0 Å². The first-order valence-electron chi connectivity index (χ1n) is 5.39. The molecule has 3 nitrogen and oxygen atoms in total. The standard InChI is InChI=1S/C14H14O3/c1-14(2,13(16)17)10-7-3-5-9-6-4-8-11(15)12(9)10/h3-8,15H,1-2H3,(H,16,17). The topological polar surface area (TPSA) is 57.5 Å². The molecule has 0 radical (unpaired) electrons. The minimum Gasteiger partial charge on any atom is -0.507 e. The van der Waals surface area contributed by atoms with Crippen LogP contribution in [-0.4, -0.2) is 16.2 Å². The Morgan fingerprint density at radius 2 is 1.71 bits per heavy atom.